The molecule has 3 nitrogen and oxygen atoms in total. The maximum absolute atomic E-state index is 11.2. The van der Waals surface area contributed by atoms with E-state index in [1.165, 1.54) is 7.11 Å². The predicted octanol–water partition coefficient (Wildman–Crippen LogP) is 1.16. The van der Waals surface area contributed by atoms with Gasteiger partial charge in [-0.05, 0) is 12.3 Å². The third-order valence-corrected chi connectivity index (χ3v) is 2.47. The van der Waals surface area contributed by atoms with Crippen LogP contribution in [0, 0.1) is 11.8 Å². The van der Waals surface area contributed by atoms with Crippen LogP contribution >= 0.6 is 0 Å². The number of rotatable bonds is 1. The molecule has 2 atom stereocenters. The number of ether oxygens (including phenoxy) is 1. The lowest BCUT2D eigenvalue weighted by molar-refractivity contribution is -0.149. The lowest BCUT2D eigenvalue weighted by Crippen LogP contribution is -2.29. The summed E-state index contributed by atoms with van der Waals surface area (Å²) in [5.74, 6) is 0.184. The number of methoxy groups -OCH3 is 1. The van der Waals surface area contributed by atoms with Crippen molar-refractivity contribution in [3.8, 4) is 0 Å². The largest absolute Gasteiger partial charge is 0.469 e. The van der Waals surface area contributed by atoms with Crippen molar-refractivity contribution in [2.24, 2.45) is 11.8 Å². The average Bonchev–Trinajstić information content (AvgIpc) is 2.03. The molecule has 0 radical (unpaired) electrons. The molecule has 0 aromatic heterocycles. The Morgan fingerprint density at radius 3 is 2.75 bits per heavy atom. The molecule has 0 aromatic carbocycles. The van der Waals surface area contributed by atoms with Gasteiger partial charge in [-0.3, -0.25) is 9.59 Å². The van der Waals surface area contributed by atoms with Crippen molar-refractivity contribution in [3.63, 3.8) is 0 Å². The molecule has 0 unspecified atom stereocenters. The van der Waals surface area contributed by atoms with Crippen LogP contribution in [-0.4, -0.2) is 18.9 Å². The van der Waals surface area contributed by atoms with Crippen molar-refractivity contribution >= 4 is 11.8 Å². The van der Waals surface area contributed by atoms with Crippen LogP contribution in [0.5, 0.6) is 0 Å². The first-order chi connectivity index (χ1) is 5.65. The first kappa shape index (κ1) is 9.23. The van der Waals surface area contributed by atoms with E-state index < -0.39 is 0 Å². The molecule has 0 amide bonds. The molecule has 0 saturated heterocycles. The van der Waals surface area contributed by atoms with Gasteiger partial charge in [0, 0.05) is 12.8 Å². The zero-order valence-electron chi connectivity index (χ0n) is 7.50. The monoisotopic (exact) mass is 170 g/mol. The molecule has 1 fully saturated rings. The van der Waals surface area contributed by atoms with Gasteiger partial charge in [-0.2, -0.15) is 0 Å². The first-order valence-corrected chi connectivity index (χ1v) is 4.24. The fraction of sp³-hybridized carbons (Fsp3) is 0.778. The van der Waals surface area contributed by atoms with E-state index in [1.807, 2.05) is 6.92 Å². The number of hydrogen-bond acceptors (Lipinski definition) is 3. The predicted molar refractivity (Wildman–Crippen MR) is 43.5 cm³/mol. The number of carbonyl (C=O) groups is 2. The summed E-state index contributed by atoms with van der Waals surface area (Å²) in [6.07, 6.45) is 1.72. The number of hydrogen-bond donors (Lipinski definition) is 0. The summed E-state index contributed by atoms with van der Waals surface area (Å²) in [5, 5.41) is 0. The van der Waals surface area contributed by atoms with Gasteiger partial charge in [-0.25, -0.2) is 0 Å². The summed E-state index contributed by atoms with van der Waals surface area (Å²) in [6.45, 7) is 1.93. The van der Waals surface area contributed by atoms with Gasteiger partial charge in [-0.15, -0.1) is 0 Å². The van der Waals surface area contributed by atoms with Crippen molar-refractivity contribution in [3.05, 3.63) is 0 Å². The SMILES string of the molecule is COC(=O)[C@H]1CCC(=O)C[C@@H]1C. The van der Waals surface area contributed by atoms with Gasteiger partial charge in [-0.1, -0.05) is 6.92 Å². The number of esters is 1. The molecule has 1 saturated carbocycles. The van der Waals surface area contributed by atoms with E-state index in [0.29, 0.717) is 19.3 Å². The summed E-state index contributed by atoms with van der Waals surface area (Å²) in [4.78, 5) is 22.1. The Balaban J connectivity index is 2.56. The number of ketones is 1. The summed E-state index contributed by atoms with van der Waals surface area (Å²) < 4.78 is 4.65. The zero-order valence-corrected chi connectivity index (χ0v) is 7.50. The summed E-state index contributed by atoms with van der Waals surface area (Å²) in [7, 11) is 1.39. The van der Waals surface area contributed by atoms with Crippen molar-refractivity contribution < 1.29 is 14.3 Å². The zero-order chi connectivity index (χ0) is 9.14. The highest BCUT2D eigenvalue weighted by Crippen LogP contribution is 2.28. The van der Waals surface area contributed by atoms with Crippen LogP contribution in [0.3, 0.4) is 0 Å². The lowest BCUT2D eigenvalue weighted by Gasteiger charge is -2.25. The molecule has 1 aliphatic carbocycles. The van der Waals surface area contributed by atoms with E-state index in [4.69, 9.17) is 0 Å². The van der Waals surface area contributed by atoms with E-state index in [0.717, 1.165) is 0 Å². The Morgan fingerprint density at radius 2 is 2.25 bits per heavy atom. The van der Waals surface area contributed by atoms with E-state index in [1.54, 1.807) is 0 Å². The fourth-order valence-corrected chi connectivity index (χ4v) is 1.71. The minimum Gasteiger partial charge on any atom is -0.469 e. The molecule has 12 heavy (non-hydrogen) atoms. The minimum atomic E-state index is -0.171. The van der Waals surface area contributed by atoms with Gasteiger partial charge in [0.15, 0.2) is 0 Å². The highest BCUT2D eigenvalue weighted by molar-refractivity contribution is 5.82. The first-order valence-electron chi connectivity index (χ1n) is 4.24. The molecule has 68 valence electrons. The molecule has 0 aliphatic heterocycles. The third-order valence-electron chi connectivity index (χ3n) is 2.47. The molecule has 1 aliphatic rings. The van der Waals surface area contributed by atoms with Crippen LogP contribution in [0.25, 0.3) is 0 Å². The van der Waals surface area contributed by atoms with Gasteiger partial charge < -0.3 is 4.74 Å². The van der Waals surface area contributed by atoms with Gasteiger partial charge in [0.1, 0.15) is 5.78 Å². The smallest absolute Gasteiger partial charge is 0.308 e. The Bertz CT molecular complexity index is 198. The number of Topliss-reactive ketones (excluding diaryl/α,β-unsaturated/α-hetero) is 1. The molecule has 0 aromatic rings. The maximum Gasteiger partial charge on any atom is 0.308 e. The van der Waals surface area contributed by atoms with Gasteiger partial charge >= 0.3 is 5.97 Å². The average molecular weight is 170 g/mol. The normalized spacial score (nSPS) is 30.0. The minimum absolute atomic E-state index is 0.0623. The number of carbonyl (C=O) groups excluding carboxylic acids is 2. The van der Waals surface area contributed by atoms with Crippen LogP contribution in [0.4, 0.5) is 0 Å². The third kappa shape index (κ3) is 1.84. The quantitative estimate of drug-likeness (QED) is 0.555. The Morgan fingerprint density at radius 1 is 1.58 bits per heavy atom. The van der Waals surface area contributed by atoms with Gasteiger partial charge in [0.05, 0.1) is 13.0 Å². The summed E-state index contributed by atoms with van der Waals surface area (Å²) >= 11 is 0. The van der Waals surface area contributed by atoms with Gasteiger partial charge in [0.25, 0.3) is 0 Å². The Labute approximate surface area is 72.1 Å². The van der Waals surface area contributed by atoms with E-state index in [2.05, 4.69) is 4.74 Å². The van der Waals surface area contributed by atoms with Crippen molar-refractivity contribution in [1.29, 1.82) is 0 Å². The second-order valence-electron chi connectivity index (χ2n) is 3.39. The van der Waals surface area contributed by atoms with Crippen molar-refractivity contribution in [1.82, 2.24) is 0 Å². The second-order valence-corrected chi connectivity index (χ2v) is 3.39. The standard InChI is InChI=1S/C9H14O3/c1-6-5-7(10)3-4-8(6)9(11)12-2/h6,8H,3-5H2,1-2H3/t6-,8-/m0/s1. The van der Waals surface area contributed by atoms with Crippen LogP contribution in [0.15, 0.2) is 0 Å². The molecule has 0 heterocycles. The summed E-state index contributed by atoms with van der Waals surface area (Å²) in [6, 6.07) is 0. The Kier molecular flexibility index (Phi) is 2.84. The van der Waals surface area contributed by atoms with E-state index in [-0.39, 0.29) is 23.6 Å². The Hall–Kier alpha value is -0.860. The van der Waals surface area contributed by atoms with E-state index in [9.17, 15) is 9.59 Å². The molecule has 0 spiro atoms. The van der Waals surface area contributed by atoms with Gasteiger partial charge in [0.2, 0.25) is 0 Å². The molecule has 3 heteroatoms. The molecule has 0 N–H and O–H groups in total. The van der Waals surface area contributed by atoms with E-state index >= 15 is 0 Å². The highest BCUT2D eigenvalue weighted by Gasteiger charge is 2.31. The van der Waals surface area contributed by atoms with Crippen molar-refractivity contribution in [2.75, 3.05) is 7.11 Å². The van der Waals surface area contributed by atoms with Crippen LogP contribution in [-0.2, 0) is 14.3 Å². The van der Waals surface area contributed by atoms with Crippen LogP contribution < -0.4 is 0 Å². The maximum atomic E-state index is 11.2. The highest BCUT2D eigenvalue weighted by atomic mass is 16.5. The lowest BCUT2D eigenvalue weighted by atomic mass is 9.80. The second kappa shape index (κ2) is 3.70. The van der Waals surface area contributed by atoms with Crippen LogP contribution in [0.1, 0.15) is 26.2 Å². The molecule has 1 rings (SSSR count). The molecule has 0 bridgehead atoms. The molecular weight excluding hydrogens is 156 g/mol. The van der Waals surface area contributed by atoms with Crippen molar-refractivity contribution in [2.45, 2.75) is 26.2 Å². The molecular formula is C9H14O3. The van der Waals surface area contributed by atoms with Crippen LogP contribution in [0.2, 0.25) is 0 Å². The summed E-state index contributed by atoms with van der Waals surface area (Å²) in [5.41, 5.74) is 0. The topological polar surface area (TPSA) is 43.4 Å². The fourth-order valence-electron chi connectivity index (χ4n) is 1.71.